The first-order valence-electron chi connectivity index (χ1n) is 5.58. The summed E-state index contributed by atoms with van der Waals surface area (Å²) in [6.07, 6.45) is 0.334. The summed E-state index contributed by atoms with van der Waals surface area (Å²) in [5, 5.41) is 12.1. The highest BCUT2D eigenvalue weighted by molar-refractivity contribution is 9.10. The number of aliphatic carboxylic acids is 1. The molecule has 1 unspecified atom stereocenters. The Morgan fingerprint density at radius 3 is 2.63 bits per heavy atom. The summed E-state index contributed by atoms with van der Waals surface area (Å²) in [5.74, 6) is -1.03. The number of carbonyl (C=O) groups is 2. The number of urea groups is 1. The summed E-state index contributed by atoms with van der Waals surface area (Å²) < 4.78 is 0.720. The fourth-order valence-corrected chi connectivity index (χ4v) is 1.97. The summed E-state index contributed by atoms with van der Waals surface area (Å²) in [6.45, 7) is 1.71. The van der Waals surface area contributed by atoms with E-state index in [4.69, 9.17) is 16.7 Å². The van der Waals surface area contributed by atoms with Crippen LogP contribution in [0, 0.1) is 0 Å². The van der Waals surface area contributed by atoms with E-state index < -0.39 is 18.0 Å². The number of carboxylic acids is 1. The van der Waals surface area contributed by atoms with Gasteiger partial charge in [-0.2, -0.15) is 0 Å². The third kappa shape index (κ3) is 4.11. The molecule has 0 aromatic heterocycles. The van der Waals surface area contributed by atoms with Crippen LogP contribution in [0.2, 0.25) is 5.02 Å². The molecule has 7 heteroatoms. The van der Waals surface area contributed by atoms with Crippen molar-refractivity contribution in [1.82, 2.24) is 4.90 Å². The van der Waals surface area contributed by atoms with Crippen molar-refractivity contribution >= 4 is 45.2 Å². The molecule has 0 aliphatic carbocycles. The molecule has 0 bridgehead atoms. The molecular formula is C12H14BrClN2O3. The highest BCUT2D eigenvalue weighted by Crippen LogP contribution is 2.25. The van der Waals surface area contributed by atoms with Crippen LogP contribution >= 0.6 is 27.5 Å². The molecule has 0 radical (unpaired) electrons. The third-order valence-electron chi connectivity index (χ3n) is 2.63. The van der Waals surface area contributed by atoms with E-state index in [0.29, 0.717) is 17.1 Å². The van der Waals surface area contributed by atoms with E-state index in [9.17, 15) is 9.59 Å². The molecule has 0 fully saturated rings. The maximum atomic E-state index is 11.9. The number of hydrogen-bond acceptors (Lipinski definition) is 2. The quantitative estimate of drug-likeness (QED) is 0.875. The lowest BCUT2D eigenvalue weighted by atomic mass is 10.2. The van der Waals surface area contributed by atoms with Gasteiger partial charge in [-0.1, -0.05) is 18.5 Å². The van der Waals surface area contributed by atoms with Gasteiger partial charge in [0.15, 0.2) is 0 Å². The fourth-order valence-electron chi connectivity index (χ4n) is 1.54. The Hall–Kier alpha value is -1.27. The second-order valence-electron chi connectivity index (χ2n) is 3.93. The van der Waals surface area contributed by atoms with Crippen molar-refractivity contribution in [3.8, 4) is 0 Å². The van der Waals surface area contributed by atoms with Gasteiger partial charge >= 0.3 is 12.0 Å². The topological polar surface area (TPSA) is 69.6 Å². The first-order chi connectivity index (χ1) is 8.86. The van der Waals surface area contributed by atoms with E-state index in [1.54, 1.807) is 25.1 Å². The second-order valence-corrected chi connectivity index (χ2v) is 5.19. The smallest absolute Gasteiger partial charge is 0.326 e. The standard InChI is InChI=1S/C12H14BrClN2O3/c1-3-10(11(17)18)16(2)12(19)15-7-4-5-8(13)9(14)6-7/h4-6,10H,3H2,1-2H3,(H,15,19)(H,17,18). The van der Waals surface area contributed by atoms with E-state index in [-0.39, 0.29) is 0 Å². The molecule has 0 aliphatic rings. The van der Waals surface area contributed by atoms with Gasteiger partial charge in [0.1, 0.15) is 6.04 Å². The zero-order valence-electron chi connectivity index (χ0n) is 10.5. The first kappa shape index (κ1) is 15.8. The van der Waals surface area contributed by atoms with Gasteiger partial charge in [-0.3, -0.25) is 0 Å². The largest absolute Gasteiger partial charge is 0.480 e. The van der Waals surface area contributed by atoms with Crippen molar-refractivity contribution < 1.29 is 14.7 Å². The molecule has 1 atom stereocenters. The van der Waals surface area contributed by atoms with Gasteiger partial charge in [0.2, 0.25) is 0 Å². The van der Waals surface area contributed by atoms with E-state index in [1.807, 2.05) is 0 Å². The Morgan fingerprint density at radius 1 is 1.53 bits per heavy atom. The summed E-state index contributed by atoms with van der Waals surface area (Å²) in [5.41, 5.74) is 0.505. The summed E-state index contributed by atoms with van der Waals surface area (Å²) >= 11 is 9.16. The minimum Gasteiger partial charge on any atom is -0.480 e. The fraction of sp³-hybridized carbons (Fsp3) is 0.333. The monoisotopic (exact) mass is 348 g/mol. The second kappa shape index (κ2) is 6.77. The minimum absolute atomic E-state index is 0.334. The number of carboxylic acid groups (broad SMARTS) is 1. The maximum Gasteiger partial charge on any atom is 0.326 e. The molecule has 0 heterocycles. The molecule has 0 aliphatic heterocycles. The van der Waals surface area contributed by atoms with Crippen LogP contribution in [-0.2, 0) is 4.79 Å². The van der Waals surface area contributed by atoms with Crippen LogP contribution in [0.15, 0.2) is 22.7 Å². The van der Waals surface area contributed by atoms with Gasteiger partial charge < -0.3 is 15.3 Å². The molecule has 1 aromatic rings. The average Bonchev–Trinajstić information content (AvgIpc) is 2.34. The van der Waals surface area contributed by atoms with Crippen LogP contribution in [0.3, 0.4) is 0 Å². The lowest BCUT2D eigenvalue weighted by Crippen LogP contribution is -2.44. The Morgan fingerprint density at radius 2 is 2.16 bits per heavy atom. The molecule has 0 saturated heterocycles. The molecule has 2 amide bonds. The van der Waals surface area contributed by atoms with Crippen LogP contribution in [-0.4, -0.2) is 35.1 Å². The van der Waals surface area contributed by atoms with Gasteiger partial charge in [0, 0.05) is 17.2 Å². The molecule has 1 rings (SSSR count). The number of nitrogens with one attached hydrogen (secondary N) is 1. The van der Waals surface area contributed by atoms with Crippen LogP contribution < -0.4 is 5.32 Å². The number of nitrogens with zero attached hydrogens (tertiary/aromatic N) is 1. The van der Waals surface area contributed by atoms with Crippen molar-refractivity contribution in [3.05, 3.63) is 27.7 Å². The lowest BCUT2D eigenvalue weighted by molar-refractivity contribution is -0.141. The zero-order valence-corrected chi connectivity index (χ0v) is 12.8. The molecular weight excluding hydrogens is 336 g/mol. The number of rotatable bonds is 4. The van der Waals surface area contributed by atoms with E-state index in [2.05, 4.69) is 21.2 Å². The lowest BCUT2D eigenvalue weighted by Gasteiger charge is -2.24. The molecule has 2 N–H and O–H groups in total. The zero-order chi connectivity index (χ0) is 14.6. The van der Waals surface area contributed by atoms with Gasteiger partial charge in [-0.05, 0) is 40.5 Å². The van der Waals surface area contributed by atoms with Crippen molar-refractivity contribution in [2.24, 2.45) is 0 Å². The Kier molecular flexibility index (Phi) is 5.62. The number of benzene rings is 1. The molecule has 0 spiro atoms. The summed E-state index contributed by atoms with van der Waals surface area (Å²) in [4.78, 5) is 24.0. The Balaban J connectivity index is 2.78. The predicted molar refractivity (Wildman–Crippen MR) is 77.6 cm³/mol. The van der Waals surface area contributed by atoms with Crippen molar-refractivity contribution in [2.75, 3.05) is 12.4 Å². The van der Waals surface area contributed by atoms with Gasteiger partial charge in [-0.25, -0.2) is 9.59 Å². The number of halogens is 2. The summed E-state index contributed by atoms with van der Waals surface area (Å²) in [7, 11) is 1.44. The van der Waals surface area contributed by atoms with Crippen LogP contribution in [0.25, 0.3) is 0 Å². The summed E-state index contributed by atoms with van der Waals surface area (Å²) in [6, 6.07) is 3.60. The number of anilines is 1. The van der Waals surface area contributed by atoms with Crippen molar-refractivity contribution in [2.45, 2.75) is 19.4 Å². The average molecular weight is 350 g/mol. The van der Waals surface area contributed by atoms with Gasteiger partial charge in [0.05, 0.1) is 5.02 Å². The van der Waals surface area contributed by atoms with E-state index in [0.717, 1.165) is 9.37 Å². The number of hydrogen-bond donors (Lipinski definition) is 2. The number of carbonyl (C=O) groups excluding carboxylic acids is 1. The Labute approximate surface area is 124 Å². The molecule has 0 saturated carbocycles. The van der Waals surface area contributed by atoms with Gasteiger partial charge in [-0.15, -0.1) is 0 Å². The molecule has 1 aromatic carbocycles. The van der Waals surface area contributed by atoms with Crippen molar-refractivity contribution in [1.29, 1.82) is 0 Å². The maximum absolute atomic E-state index is 11.9. The van der Waals surface area contributed by atoms with Crippen molar-refractivity contribution in [3.63, 3.8) is 0 Å². The first-order valence-corrected chi connectivity index (χ1v) is 6.75. The highest BCUT2D eigenvalue weighted by atomic mass is 79.9. The predicted octanol–water partition coefficient (Wildman–Crippen LogP) is 3.43. The van der Waals surface area contributed by atoms with Crippen LogP contribution in [0.5, 0.6) is 0 Å². The van der Waals surface area contributed by atoms with E-state index >= 15 is 0 Å². The molecule has 19 heavy (non-hydrogen) atoms. The normalized spacial score (nSPS) is 11.8. The van der Waals surface area contributed by atoms with Gasteiger partial charge in [0.25, 0.3) is 0 Å². The van der Waals surface area contributed by atoms with Crippen LogP contribution in [0.4, 0.5) is 10.5 Å². The number of amides is 2. The van der Waals surface area contributed by atoms with Crippen LogP contribution in [0.1, 0.15) is 13.3 Å². The minimum atomic E-state index is -1.03. The molecule has 104 valence electrons. The number of likely N-dealkylation sites (N-methyl/N-ethyl adjacent to an activating group) is 1. The highest BCUT2D eigenvalue weighted by Gasteiger charge is 2.24. The van der Waals surface area contributed by atoms with E-state index in [1.165, 1.54) is 7.05 Å². The Bertz CT molecular complexity index is 496. The molecule has 5 nitrogen and oxygen atoms in total. The SMILES string of the molecule is CCC(C(=O)O)N(C)C(=O)Nc1ccc(Br)c(Cl)c1. The third-order valence-corrected chi connectivity index (χ3v) is 3.86.